The highest BCUT2D eigenvalue weighted by molar-refractivity contribution is 6.31. The van der Waals surface area contributed by atoms with Crippen molar-refractivity contribution in [2.45, 2.75) is 18.9 Å². The Morgan fingerprint density at radius 1 is 1.07 bits per heavy atom. The second-order valence-electron chi connectivity index (χ2n) is 6.48. The average Bonchev–Trinajstić information content (AvgIpc) is 2.73. The second kappa shape index (κ2) is 9.82. The summed E-state index contributed by atoms with van der Waals surface area (Å²) >= 11 is 12.0. The highest BCUT2D eigenvalue weighted by Gasteiger charge is 2.32. The van der Waals surface area contributed by atoms with Crippen molar-refractivity contribution in [2.75, 3.05) is 11.9 Å². The number of carbonyl (C=O) groups is 1. The highest BCUT2D eigenvalue weighted by Crippen LogP contribution is 2.26. The molecule has 0 unspecified atom stereocenters. The molecule has 0 aliphatic heterocycles. The summed E-state index contributed by atoms with van der Waals surface area (Å²) in [7, 11) is 0. The van der Waals surface area contributed by atoms with Crippen LogP contribution in [0.1, 0.15) is 17.0 Å². The molecular formula is C21H18Cl2F2N4O. The molecule has 1 amide bonds. The van der Waals surface area contributed by atoms with E-state index in [1.807, 2.05) is 6.07 Å². The van der Waals surface area contributed by atoms with Crippen LogP contribution in [0.5, 0.6) is 0 Å². The molecule has 0 aliphatic carbocycles. The molecule has 156 valence electrons. The van der Waals surface area contributed by atoms with E-state index in [-0.39, 0.29) is 34.6 Å². The van der Waals surface area contributed by atoms with E-state index in [2.05, 4.69) is 20.6 Å². The number of aromatic nitrogens is 2. The van der Waals surface area contributed by atoms with Crippen LogP contribution in [0.4, 0.5) is 14.6 Å². The number of benzene rings is 1. The molecule has 2 heterocycles. The third-order valence-electron chi connectivity index (χ3n) is 4.16. The number of anilines is 1. The second-order valence-corrected chi connectivity index (χ2v) is 7.33. The van der Waals surface area contributed by atoms with Crippen LogP contribution < -0.4 is 10.6 Å². The standard InChI is InChI=1S/C21H18Cl2F2N4O/c22-15-5-3-4-14(10-15)12-27-20(30)11-17-16(23)7-8-19(29-17)28-13-21(24,25)18-6-1-2-9-26-18/h1-10H,11-13H2,(H,27,30)(H,28,29). The van der Waals surface area contributed by atoms with Gasteiger partial charge < -0.3 is 10.6 Å². The molecule has 0 atom stereocenters. The van der Waals surface area contributed by atoms with Gasteiger partial charge in [-0.2, -0.15) is 8.78 Å². The quantitative estimate of drug-likeness (QED) is 0.514. The topological polar surface area (TPSA) is 66.9 Å². The van der Waals surface area contributed by atoms with E-state index in [4.69, 9.17) is 23.2 Å². The largest absolute Gasteiger partial charge is 0.364 e. The van der Waals surface area contributed by atoms with E-state index in [9.17, 15) is 13.6 Å². The van der Waals surface area contributed by atoms with Crippen molar-refractivity contribution in [3.8, 4) is 0 Å². The first-order chi connectivity index (χ1) is 14.3. The van der Waals surface area contributed by atoms with E-state index in [1.54, 1.807) is 24.3 Å². The van der Waals surface area contributed by atoms with Gasteiger partial charge in [-0.15, -0.1) is 0 Å². The Bertz CT molecular complexity index is 1020. The van der Waals surface area contributed by atoms with Gasteiger partial charge in [0.1, 0.15) is 11.5 Å². The normalized spacial score (nSPS) is 11.2. The molecule has 0 saturated carbocycles. The van der Waals surface area contributed by atoms with Crippen molar-refractivity contribution in [3.05, 3.63) is 87.8 Å². The summed E-state index contributed by atoms with van der Waals surface area (Å²) in [5.74, 6) is -3.30. The number of pyridine rings is 2. The SMILES string of the molecule is O=C(Cc1nc(NCC(F)(F)c2ccccn2)ccc1Cl)NCc1cccc(Cl)c1. The van der Waals surface area contributed by atoms with E-state index in [0.29, 0.717) is 11.6 Å². The maximum Gasteiger partial charge on any atom is 0.306 e. The Labute approximate surface area is 182 Å². The summed E-state index contributed by atoms with van der Waals surface area (Å²) in [5.41, 5.74) is 0.792. The fourth-order valence-electron chi connectivity index (χ4n) is 2.64. The molecule has 1 aromatic carbocycles. The number of nitrogens with one attached hydrogen (secondary N) is 2. The van der Waals surface area contributed by atoms with Crippen LogP contribution in [0, 0.1) is 0 Å². The van der Waals surface area contributed by atoms with Gasteiger partial charge in [-0.05, 0) is 42.0 Å². The smallest absolute Gasteiger partial charge is 0.306 e. The summed E-state index contributed by atoms with van der Waals surface area (Å²) in [6.07, 6.45) is 1.22. The third-order valence-corrected chi connectivity index (χ3v) is 4.74. The van der Waals surface area contributed by atoms with Gasteiger partial charge in [0.25, 0.3) is 0 Å². The fraction of sp³-hybridized carbons (Fsp3) is 0.190. The van der Waals surface area contributed by atoms with Gasteiger partial charge in [0, 0.05) is 17.8 Å². The van der Waals surface area contributed by atoms with Crippen LogP contribution >= 0.6 is 23.2 Å². The van der Waals surface area contributed by atoms with Crippen LogP contribution in [0.15, 0.2) is 60.8 Å². The third kappa shape index (κ3) is 6.11. The van der Waals surface area contributed by atoms with Gasteiger partial charge in [0.15, 0.2) is 0 Å². The molecule has 3 aromatic rings. The number of rotatable bonds is 8. The number of alkyl halides is 2. The Morgan fingerprint density at radius 2 is 1.90 bits per heavy atom. The minimum absolute atomic E-state index is 0.0917. The van der Waals surface area contributed by atoms with Crippen molar-refractivity contribution in [1.29, 1.82) is 0 Å². The fourth-order valence-corrected chi connectivity index (χ4v) is 3.03. The Hall–Kier alpha value is -2.77. The molecule has 2 N–H and O–H groups in total. The minimum atomic E-state index is -3.18. The lowest BCUT2D eigenvalue weighted by Gasteiger charge is -2.17. The van der Waals surface area contributed by atoms with Crippen LogP contribution in [0.3, 0.4) is 0 Å². The maximum absolute atomic E-state index is 14.3. The zero-order valence-electron chi connectivity index (χ0n) is 15.7. The molecule has 0 fully saturated rings. The summed E-state index contributed by atoms with van der Waals surface area (Å²) in [6, 6.07) is 14.4. The number of amides is 1. The number of halogens is 4. The minimum Gasteiger partial charge on any atom is -0.364 e. The van der Waals surface area contributed by atoms with Gasteiger partial charge in [-0.25, -0.2) is 4.98 Å². The van der Waals surface area contributed by atoms with E-state index in [1.165, 1.54) is 30.5 Å². The van der Waals surface area contributed by atoms with Crippen molar-refractivity contribution in [1.82, 2.24) is 15.3 Å². The van der Waals surface area contributed by atoms with Crippen LogP contribution in [-0.4, -0.2) is 22.4 Å². The van der Waals surface area contributed by atoms with E-state index >= 15 is 0 Å². The molecule has 0 saturated heterocycles. The Morgan fingerprint density at radius 3 is 2.63 bits per heavy atom. The number of hydrogen-bond acceptors (Lipinski definition) is 4. The predicted octanol–water partition coefficient (Wildman–Crippen LogP) is 4.85. The molecule has 0 radical (unpaired) electrons. The first-order valence-corrected chi connectivity index (χ1v) is 9.79. The monoisotopic (exact) mass is 450 g/mol. The van der Waals surface area contributed by atoms with Crippen molar-refractivity contribution >= 4 is 34.9 Å². The highest BCUT2D eigenvalue weighted by atomic mass is 35.5. The van der Waals surface area contributed by atoms with Gasteiger partial charge >= 0.3 is 5.92 Å². The predicted molar refractivity (Wildman–Crippen MR) is 113 cm³/mol. The van der Waals surface area contributed by atoms with Crippen molar-refractivity contribution in [2.24, 2.45) is 0 Å². The van der Waals surface area contributed by atoms with Gasteiger partial charge in [0.2, 0.25) is 5.91 Å². The zero-order valence-corrected chi connectivity index (χ0v) is 17.2. The first kappa shape index (κ1) is 21.9. The van der Waals surface area contributed by atoms with Crippen LogP contribution in [0.2, 0.25) is 10.0 Å². The Kier molecular flexibility index (Phi) is 7.18. The lowest BCUT2D eigenvalue weighted by molar-refractivity contribution is -0.120. The molecule has 0 bridgehead atoms. The summed E-state index contributed by atoms with van der Waals surface area (Å²) in [6.45, 7) is -0.399. The summed E-state index contributed by atoms with van der Waals surface area (Å²) < 4.78 is 28.5. The first-order valence-electron chi connectivity index (χ1n) is 9.03. The number of carbonyl (C=O) groups excluding carboxylic acids is 1. The van der Waals surface area contributed by atoms with Gasteiger partial charge in [-0.3, -0.25) is 9.78 Å². The molecular weight excluding hydrogens is 433 g/mol. The summed E-state index contributed by atoms with van der Waals surface area (Å²) in [5, 5.41) is 6.19. The molecule has 2 aromatic heterocycles. The van der Waals surface area contributed by atoms with Crippen LogP contribution in [-0.2, 0) is 23.7 Å². The lowest BCUT2D eigenvalue weighted by Crippen LogP contribution is -2.27. The molecule has 3 rings (SSSR count). The molecule has 0 spiro atoms. The van der Waals surface area contributed by atoms with Crippen LogP contribution in [0.25, 0.3) is 0 Å². The van der Waals surface area contributed by atoms with E-state index < -0.39 is 12.5 Å². The number of hydrogen-bond donors (Lipinski definition) is 2. The van der Waals surface area contributed by atoms with E-state index in [0.717, 1.165) is 5.56 Å². The molecule has 0 aliphatic rings. The molecule has 30 heavy (non-hydrogen) atoms. The van der Waals surface area contributed by atoms with Crippen molar-refractivity contribution < 1.29 is 13.6 Å². The maximum atomic E-state index is 14.3. The number of nitrogens with zero attached hydrogens (tertiary/aromatic N) is 2. The lowest BCUT2D eigenvalue weighted by atomic mass is 10.2. The summed E-state index contributed by atoms with van der Waals surface area (Å²) in [4.78, 5) is 20.1. The van der Waals surface area contributed by atoms with Gasteiger partial charge in [-0.1, -0.05) is 41.4 Å². The zero-order chi connectivity index (χ0) is 21.6. The van der Waals surface area contributed by atoms with Gasteiger partial charge in [0.05, 0.1) is 23.7 Å². The van der Waals surface area contributed by atoms with Crippen molar-refractivity contribution in [3.63, 3.8) is 0 Å². The Balaban J connectivity index is 1.60. The molecule has 5 nitrogen and oxygen atoms in total. The molecule has 9 heteroatoms. The average molecular weight is 451 g/mol.